The lowest BCUT2D eigenvalue weighted by atomic mass is 9.99. The third kappa shape index (κ3) is 4.62. The number of hydrogen-bond donors (Lipinski definition) is 1. The molecule has 2 N–H and O–H groups in total. The van der Waals surface area contributed by atoms with Gasteiger partial charge < -0.3 is 5.73 Å². The third-order valence-electron chi connectivity index (χ3n) is 3.38. The Labute approximate surface area is 124 Å². The Morgan fingerprint density at radius 2 is 1.85 bits per heavy atom. The monoisotopic (exact) mass is 291 g/mol. The maximum Gasteiger partial charge on any atom is 0.127 e. The summed E-state index contributed by atoms with van der Waals surface area (Å²) >= 11 is 5.73. The maximum atomic E-state index is 13.7. The van der Waals surface area contributed by atoms with Crippen LogP contribution in [0.15, 0.2) is 48.5 Å². The zero-order valence-electron chi connectivity index (χ0n) is 11.4. The van der Waals surface area contributed by atoms with Gasteiger partial charge in [0.15, 0.2) is 0 Å². The first kappa shape index (κ1) is 15.0. The Morgan fingerprint density at radius 3 is 2.55 bits per heavy atom. The molecule has 0 aromatic heterocycles. The van der Waals surface area contributed by atoms with Gasteiger partial charge in [-0.3, -0.25) is 0 Å². The van der Waals surface area contributed by atoms with Gasteiger partial charge in [0.1, 0.15) is 5.82 Å². The van der Waals surface area contributed by atoms with E-state index in [2.05, 4.69) is 12.1 Å². The molecule has 0 radical (unpaired) electrons. The fourth-order valence-electron chi connectivity index (χ4n) is 2.28. The minimum atomic E-state index is -0.268. The van der Waals surface area contributed by atoms with E-state index in [1.807, 2.05) is 18.2 Å². The third-order valence-corrected chi connectivity index (χ3v) is 3.62. The quantitative estimate of drug-likeness (QED) is 0.840. The van der Waals surface area contributed by atoms with E-state index in [-0.39, 0.29) is 11.9 Å². The van der Waals surface area contributed by atoms with E-state index in [1.54, 1.807) is 12.1 Å². The molecule has 0 bridgehead atoms. The van der Waals surface area contributed by atoms with Gasteiger partial charge >= 0.3 is 0 Å². The molecule has 0 saturated carbocycles. The first-order chi connectivity index (χ1) is 9.65. The summed E-state index contributed by atoms with van der Waals surface area (Å²) in [6, 6.07) is 15.1. The highest BCUT2D eigenvalue weighted by Crippen LogP contribution is 2.17. The predicted molar refractivity (Wildman–Crippen MR) is 82.5 cm³/mol. The minimum absolute atomic E-state index is 0.0191. The summed E-state index contributed by atoms with van der Waals surface area (Å²) in [6.45, 7) is 0. The fraction of sp³-hybridized carbons (Fsp3) is 0.294. The molecule has 0 spiro atoms. The van der Waals surface area contributed by atoms with E-state index < -0.39 is 0 Å². The highest BCUT2D eigenvalue weighted by Gasteiger charge is 2.09. The number of aryl methyl sites for hydroxylation is 1. The lowest BCUT2D eigenvalue weighted by Crippen LogP contribution is -2.23. The first-order valence-corrected chi connectivity index (χ1v) is 7.26. The molecule has 2 rings (SSSR count). The van der Waals surface area contributed by atoms with E-state index in [0.717, 1.165) is 19.3 Å². The lowest BCUT2D eigenvalue weighted by molar-refractivity contribution is 0.551. The van der Waals surface area contributed by atoms with Crippen molar-refractivity contribution in [1.29, 1.82) is 0 Å². The number of nitrogens with two attached hydrogens (primary N) is 1. The topological polar surface area (TPSA) is 26.0 Å². The van der Waals surface area contributed by atoms with Gasteiger partial charge in [-0.25, -0.2) is 4.39 Å². The van der Waals surface area contributed by atoms with Crippen molar-refractivity contribution in [3.63, 3.8) is 0 Å². The minimum Gasteiger partial charge on any atom is -0.327 e. The Morgan fingerprint density at radius 1 is 1.10 bits per heavy atom. The molecule has 0 aliphatic carbocycles. The number of hydrogen-bond acceptors (Lipinski definition) is 1. The SMILES string of the molecule is NC(CCCc1ccccc1)Cc1ccc(Cl)cc1F. The molecule has 2 aromatic carbocycles. The van der Waals surface area contributed by atoms with Gasteiger partial charge in [-0.15, -0.1) is 0 Å². The second kappa shape index (κ2) is 7.41. The van der Waals surface area contributed by atoms with E-state index in [1.165, 1.54) is 11.6 Å². The second-order valence-corrected chi connectivity index (χ2v) is 5.51. The van der Waals surface area contributed by atoms with E-state index in [4.69, 9.17) is 17.3 Å². The van der Waals surface area contributed by atoms with Crippen LogP contribution in [0.25, 0.3) is 0 Å². The average molecular weight is 292 g/mol. The smallest absolute Gasteiger partial charge is 0.127 e. The number of halogens is 2. The Kier molecular flexibility index (Phi) is 5.57. The molecule has 106 valence electrons. The standard InChI is InChI=1S/C17H19ClFN/c18-15-10-9-14(17(19)12-15)11-16(20)8-4-7-13-5-2-1-3-6-13/h1-3,5-6,9-10,12,16H,4,7-8,11,20H2. The van der Waals surface area contributed by atoms with Crippen LogP contribution in [0.3, 0.4) is 0 Å². The van der Waals surface area contributed by atoms with E-state index in [9.17, 15) is 4.39 Å². The Hall–Kier alpha value is -1.38. The molecule has 0 aliphatic rings. The summed E-state index contributed by atoms with van der Waals surface area (Å²) in [7, 11) is 0. The molecule has 3 heteroatoms. The first-order valence-electron chi connectivity index (χ1n) is 6.88. The van der Waals surface area contributed by atoms with Crippen LogP contribution >= 0.6 is 11.6 Å². The van der Waals surface area contributed by atoms with Crippen LogP contribution in [0, 0.1) is 5.82 Å². The van der Waals surface area contributed by atoms with Gasteiger partial charge in [-0.1, -0.05) is 48.0 Å². The van der Waals surface area contributed by atoms with Gasteiger partial charge in [0.2, 0.25) is 0 Å². The average Bonchev–Trinajstić information content (AvgIpc) is 2.43. The van der Waals surface area contributed by atoms with Crippen molar-refractivity contribution < 1.29 is 4.39 Å². The lowest BCUT2D eigenvalue weighted by Gasteiger charge is -2.12. The largest absolute Gasteiger partial charge is 0.327 e. The molecule has 0 heterocycles. The van der Waals surface area contributed by atoms with Crippen molar-refractivity contribution in [3.8, 4) is 0 Å². The van der Waals surface area contributed by atoms with Gasteiger partial charge in [0.25, 0.3) is 0 Å². The van der Waals surface area contributed by atoms with Crippen molar-refractivity contribution in [2.45, 2.75) is 31.7 Å². The zero-order chi connectivity index (χ0) is 14.4. The summed E-state index contributed by atoms with van der Waals surface area (Å²) in [5.74, 6) is -0.268. The summed E-state index contributed by atoms with van der Waals surface area (Å²) in [6.07, 6.45) is 3.47. The van der Waals surface area contributed by atoms with E-state index >= 15 is 0 Å². The van der Waals surface area contributed by atoms with Crippen LogP contribution in [0.4, 0.5) is 4.39 Å². The van der Waals surface area contributed by atoms with Crippen LogP contribution in [0.1, 0.15) is 24.0 Å². The molecular formula is C17H19ClFN. The van der Waals surface area contributed by atoms with E-state index in [0.29, 0.717) is 17.0 Å². The van der Waals surface area contributed by atoms with Gasteiger partial charge in [-0.2, -0.15) is 0 Å². The number of benzene rings is 2. The fourth-order valence-corrected chi connectivity index (χ4v) is 2.44. The summed E-state index contributed by atoms with van der Waals surface area (Å²) < 4.78 is 13.7. The van der Waals surface area contributed by atoms with Crippen molar-refractivity contribution >= 4 is 11.6 Å². The highest BCUT2D eigenvalue weighted by molar-refractivity contribution is 6.30. The molecule has 1 nitrogen and oxygen atoms in total. The number of rotatable bonds is 6. The molecule has 0 fully saturated rings. The van der Waals surface area contributed by atoms with Crippen molar-refractivity contribution in [2.24, 2.45) is 5.73 Å². The molecule has 2 aromatic rings. The van der Waals surface area contributed by atoms with Crippen LogP contribution in [-0.2, 0) is 12.8 Å². The van der Waals surface area contributed by atoms with Crippen molar-refractivity contribution in [2.75, 3.05) is 0 Å². The second-order valence-electron chi connectivity index (χ2n) is 5.08. The van der Waals surface area contributed by atoms with Crippen LogP contribution in [0.5, 0.6) is 0 Å². The predicted octanol–water partition coefficient (Wildman–Crippen LogP) is 4.37. The van der Waals surface area contributed by atoms with Gasteiger partial charge in [-0.05, 0) is 48.9 Å². The zero-order valence-corrected chi connectivity index (χ0v) is 12.1. The normalized spacial score (nSPS) is 12.3. The van der Waals surface area contributed by atoms with Gasteiger partial charge in [0, 0.05) is 11.1 Å². The molecule has 1 atom stereocenters. The molecule has 1 unspecified atom stereocenters. The maximum absolute atomic E-state index is 13.7. The Balaban J connectivity index is 1.79. The molecule has 0 saturated heterocycles. The van der Waals surface area contributed by atoms with Crippen LogP contribution in [0.2, 0.25) is 5.02 Å². The molecule has 0 amide bonds. The molecule has 0 aliphatic heterocycles. The van der Waals surface area contributed by atoms with Gasteiger partial charge in [0.05, 0.1) is 0 Å². The Bertz CT molecular complexity index is 542. The summed E-state index contributed by atoms with van der Waals surface area (Å²) in [5.41, 5.74) is 8.03. The summed E-state index contributed by atoms with van der Waals surface area (Å²) in [4.78, 5) is 0. The van der Waals surface area contributed by atoms with Crippen molar-refractivity contribution in [1.82, 2.24) is 0 Å². The molecular weight excluding hydrogens is 273 g/mol. The van der Waals surface area contributed by atoms with Crippen LogP contribution < -0.4 is 5.73 Å². The molecule has 20 heavy (non-hydrogen) atoms. The highest BCUT2D eigenvalue weighted by atomic mass is 35.5. The van der Waals surface area contributed by atoms with Crippen LogP contribution in [-0.4, -0.2) is 6.04 Å². The summed E-state index contributed by atoms with van der Waals surface area (Å²) in [5, 5.41) is 0.420. The van der Waals surface area contributed by atoms with Crippen molar-refractivity contribution in [3.05, 3.63) is 70.5 Å².